The van der Waals surface area contributed by atoms with Crippen LogP contribution in [0, 0.1) is 6.92 Å². The van der Waals surface area contributed by atoms with Gasteiger partial charge in [0.25, 0.3) is 5.91 Å². The highest BCUT2D eigenvalue weighted by molar-refractivity contribution is 6.05. The Hall–Kier alpha value is -2.43. The number of H-pyrrole nitrogens is 1. The smallest absolute Gasteiger partial charge is 0.254 e. The third-order valence-corrected chi connectivity index (χ3v) is 4.00. The average molecular weight is 283 g/mol. The molecule has 0 atom stereocenters. The number of benzene rings is 1. The summed E-state index contributed by atoms with van der Waals surface area (Å²) in [5.74, 6) is 0.0788. The number of fused-ring (bicyclic) bond motifs is 1. The van der Waals surface area contributed by atoms with E-state index in [1.165, 1.54) is 0 Å². The van der Waals surface area contributed by atoms with Gasteiger partial charge in [-0.15, -0.1) is 0 Å². The van der Waals surface area contributed by atoms with Gasteiger partial charge in [-0.05, 0) is 25.0 Å². The van der Waals surface area contributed by atoms with Crippen LogP contribution >= 0.6 is 0 Å². The van der Waals surface area contributed by atoms with Gasteiger partial charge in [0.15, 0.2) is 5.78 Å². The van der Waals surface area contributed by atoms with Crippen molar-refractivity contribution in [2.75, 3.05) is 7.05 Å². The molecular weight excluding hydrogens is 266 g/mol. The molecule has 5 nitrogen and oxygen atoms in total. The summed E-state index contributed by atoms with van der Waals surface area (Å²) in [6.45, 7) is 2.43. The zero-order chi connectivity index (χ0) is 15.0. The number of aromatic nitrogens is 2. The number of ketones is 1. The molecule has 21 heavy (non-hydrogen) atoms. The highest BCUT2D eigenvalue weighted by Gasteiger charge is 2.25. The maximum absolute atomic E-state index is 12.6. The molecule has 5 heteroatoms. The van der Waals surface area contributed by atoms with Crippen LogP contribution in [0.1, 0.15) is 44.0 Å². The van der Waals surface area contributed by atoms with E-state index in [9.17, 15) is 9.59 Å². The van der Waals surface area contributed by atoms with E-state index < -0.39 is 0 Å². The summed E-state index contributed by atoms with van der Waals surface area (Å²) in [6, 6.07) is 5.40. The number of hydrogen-bond donors (Lipinski definition) is 1. The third kappa shape index (κ3) is 2.35. The van der Waals surface area contributed by atoms with Gasteiger partial charge in [0.2, 0.25) is 0 Å². The van der Waals surface area contributed by atoms with E-state index >= 15 is 0 Å². The van der Waals surface area contributed by atoms with Gasteiger partial charge in [0.1, 0.15) is 0 Å². The Bertz CT molecular complexity index is 718. The van der Waals surface area contributed by atoms with Gasteiger partial charge in [0, 0.05) is 42.4 Å². The summed E-state index contributed by atoms with van der Waals surface area (Å²) in [4.78, 5) is 26.1. The quantitative estimate of drug-likeness (QED) is 0.938. The monoisotopic (exact) mass is 283 g/mol. The molecule has 1 aromatic heterocycles. The summed E-state index contributed by atoms with van der Waals surface area (Å²) in [5.41, 5.74) is 4.19. The van der Waals surface area contributed by atoms with E-state index in [0.29, 0.717) is 30.5 Å². The van der Waals surface area contributed by atoms with Crippen LogP contribution in [0.25, 0.3) is 0 Å². The maximum atomic E-state index is 12.6. The number of amides is 1. The fraction of sp³-hybridized carbons (Fsp3) is 0.312. The first-order valence-electron chi connectivity index (χ1n) is 6.97. The van der Waals surface area contributed by atoms with Crippen LogP contribution < -0.4 is 0 Å². The Labute approximate surface area is 123 Å². The summed E-state index contributed by atoms with van der Waals surface area (Å²) in [7, 11) is 1.77. The molecule has 1 heterocycles. The lowest BCUT2D eigenvalue weighted by molar-refractivity contribution is 0.0784. The van der Waals surface area contributed by atoms with Gasteiger partial charge >= 0.3 is 0 Å². The van der Waals surface area contributed by atoms with Gasteiger partial charge in [-0.25, -0.2) is 0 Å². The second-order valence-electron chi connectivity index (χ2n) is 5.44. The van der Waals surface area contributed by atoms with E-state index in [1.807, 2.05) is 13.0 Å². The standard InChI is InChI=1S/C16H17N3O2/c1-10-11(8-17-18-10)9-19(2)16(21)14-5-3-4-13-12(14)6-7-15(13)20/h3-5,8H,6-7,9H2,1-2H3,(H,17,18). The number of nitrogens with zero attached hydrogens (tertiary/aromatic N) is 2. The first-order chi connectivity index (χ1) is 10.1. The molecule has 0 unspecified atom stereocenters. The zero-order valence-electron chi connectivity index (χ0n) is 12.1. The molecule has 1 aromatic carbocycles. The zero-order valence-corrected chi connectivity index (χ0v) is 12.1. The topological polar surface area (TPSA) is 66.1 Å². The molecule has 1 aliphatic carbocycles. The van der Waals surface area contributed by atoms with Crippen LogP contribution in [-0.2, 0) is 13.0 Å². The number of hydrogen-bond acceptors (Lipinski definition) is 3. The molecule has 3 rings (SSSR count). The van der Waals surface area contributed by atoms with Crippen LogP contribution in [0.15, 0.2) is 24.4 Å². The Morgan fingerprint density at radius 3 is 2.90 bits per heavy atom. The minimum Gasteiger partial charge on any atom is -0.337 e. The summed E-state index contributed by atoms with van der Waals surface area (Å²) >= 11 is 0. The number of aromatic amines is 1. The van der Waals surface area contributed by atoms with Crippen molar-refractivity contribution in [1.82, 2.24) is 15.1 Å². The molecule has 1 aliphatic rings. The summed E-state index contributed by atoms with van der Waals surface area (Å²) < 4.78 is 0. The largest absolute Gasteiger partial charge is 0.337 e. The van der Waals surface area contributed by atoms with Crippen LogP contribution in [-0.4, -0.2) is 33.8 Å². The fourth-order valence-electron chi connectivity index (χ4n) is 2.76. The predicted octanol–water partition coefficient (Wildman–Crippen LogP) is 2.12. The Balaban J connectivity index is 1.86. The lowest BCUT2D eigenvalue weighted by Gasteiger charge is -2.18. The van der Waals surface area contributed by atoms with Crippen molar-refractivity contribution in [3.05, 3.63) is 52.3 Å². The molecule has 0 aliphatic heterocycles. The van der Waals surface area contributed by atoms with Gasteiger partial charge < -0.3 is 4.90 Å². The van der Waals surface area contributed by atoms with E-state index in [2.05, 4.69) is 10.2 Å². The van der Waals surface area contributed by atoms with Crippen LogP contribution in [0.2, 0.25) is 0 Å². The number of carbonyl (C=O) groups is 2. The normalized spacial score (nSPS) is 13.3. The number of aryl methyl sites for hydroxylation is 1. The van der Waals surface area contributed by atoms with Crippen LogP contribution in [0.5, 0.6) is 0 Å². The second kappa shape index (κ2) is 5.16. The van der Waals surface area contributed by atoms with Gasteiger partial charge in [-0.3, -0.25) is 14.7 Å². The lowest BCUT2D eigenvalue weighted by atomic mass is 10.0. The fourth-order valence-corrected chi connectivity index (χ4v) is 2.76. The number of rotatable bonds is 3. The number of nitrogens with one attached hydrogen (secondary N) is 1. The van der Waals surface area contributed by atoms with Crippen molar-refractivity contribution in [1.29, 1.82) is 0 Å². The van der Waals surface area contributed by atoms with Crippen molar-refractivity contribution < 1.29 is 9.59 Å². The van der Waals surface area contributed by atoms with Crippen LogP contribution in [0.3, 0.4) is 0 Å². The third-order valence-electron chi connectivity index (χ3n) is 4.00. The predicted molar refractivity (Wildman–Crippen MR) is 78.2 cm³/mol. The van der Waals surface area contributed by atoms with E-state index in [0.717, 1.165) is 16.8 Å². The molecule has 0 fully saturated rings. The maximum Gasteiger partial charge on any atom is 0.254 e. The van der Waals surface area contributed by atoms with E-state index in [4.69, 9.17) is 0 Å². The lowest BCUT2D eigenvalue weighted by Crippen LogP contribution is -2.27. The molecule has 0 saturated heterocycles. The average Bonchev–Trinajstić information content (AvgIpc) is 3.05. The molecule has 0 bridgehead atoms. The van der Waals surface area contributed by atoms with Crippen molar-refractivity contribution in [3.8, 4) is 0 Å². The van der Waals surface area contributed by atoms with Crippen LogP contribution in [0.4, 0.5) is 0 Å². The summed E-state index contributed by atoms with van der Waals surface area (Å²) in [5, 5.41) is 6.83. The number of carbonyl (C=O) groups excluding carboxylic acids is 2. The minimum absolute atomic E-state index is 0.0536. The SMILES string of the molecule is Cc1[nH]ncc1CN(C)C(=O)c1cccc2c1CCC2=O. The molecule has 108 valence electrons. The van der Waals surface area contributed by atoms with Crippen molar-refractivity contribution in [2.45, 2.75) is 26.3 Å². The Morgan fingerprint density at radius 2 is 2.19 bits per heavy atom. The Morgan fingerprint density at radius 1 is 1.38 bits per heavy atom. The number of Topliss-reactive ketones (excluding diaryl/α,β-unsaturated/α-hetero) is 1. The highest BCUT2D eigenvalue weighted by Crippen LogP contribution is 2.26. The van der Waals surface area contributed by atoms with Gasteiger partial charge in [-0.1, -0.05) is 12.1 Å². The molecule has 2 aromatic rings. The van der Waals surface area contributed by atoms with Crippen molar-refractivity contribution in [2.24, 2.45) is 0 Å². The molecule has 0 spiro atoms. The Kier molecular flexibility index (Phi) is 3.33. The first-order valence-corrected chi connectivity index (χ1v) is 6.97. The molecule has 1 N–H and O–H groups in total. The summed E-state index contributed by atoms with van der Waals surface area (Å²) in [6.07, 6.45) is 2.90. The van der Waals surface area contributed by atoms with E-state index in [1.54, 1.807) is 30.3 Å². The van der Waals surface area contributed by atoms with Gasteiger partial charge in [0.05, 0.1) is 6.20 Å². The first kappa shape index (κ1) is 13.5. The molecule has 0 saturated carbocycles. The van der Waals surface area contributed by atoms with Gasteiger partial charge in [-0.2, -0.15) is 5.10 Å². The van der Waals surface area contributed by atoms with E-state index in [-0.39, 0.29) is 11.7 Å². The van der Waals surface area contributed by atoms with Crippen molar-refractivity contribution in [3.63, 3.8) is 0 Å². The van der Waals surface area contributed by atoms with Crippen molar-refractivity contribution >= 4 is 11.7 Å². The highest BCUT2D eigenvalue weighted by atomic mass is 16.2. The molecule has 1 amide bonds. The molecular formula is C16H17N3O2. The second-order valence-corrected chi connectivity index (χ2v) is 5.44. The molecule has 0 radical (unpaired) electrons. The minimum atomic E-state index is -0.0536.